The quantitative estimate of drug-likeness (QED) is 0.499. The fourth-order valence-electron chi connectivity index (χ4n) is 3.81. The van der Waals surface area contributed by atoms with Crippen molar-refractivity contribution >= 4 is 5.91 Å². The van der Waals surface area contributed by atoms with Gasteiger partial charge < -0.3 is 20.5 Å². The highest BCUT2D eigenvalue weighted by Gasteiger charge is 2.30. The maximum absolute atomic E-state index is 12.8. The van der Waals surface area contributed by atoms with E-state index >= 15 is 0 Å². The molecular formula is C24H30F3N3O3. The van der Waals surface area contributed by atoms with Crippen LogP contribution in [0.2, 0.25) is 0 Å². The van der Waals surface area contributed by atoms with Crippen LogP contribution >= 0.6 is 0 Å². The first-order chi connectivity index (χ1) is 15.8. The summed E-state index contributed by atoms with van der Waals surface area (Å²) in [5, 5.41) is 3.35. The van der Waals surface area contributed by atoms with E-state index < -0.39 is 17.6 Å². The van der Waals surface area contributed by atoms with Crippen molar-refractivity contribution < 1.29 is 27.4 Å². The fraction of sp³-hybridized carbons (Fsp3) is 0.458. The van der Waals surface area contributed by atoms with Crippen molar-refractivity contribution in [1.29, 1.82) is 0 Å². The van der Waals surface area contributed by atoms with Crippen LogP contribution in [0, 0.1) is 0 Å². The lowest BCUT2D eigenvalue weighted by Crippen LogP contribution is -2.50. The number of nitrogens with zero attached hydrogens (tertiary/aromatic N) is 1. The third-order valence-electron chi connectivity index (χ3n) is 5.57. The first-order valence-corrected chi connectivity index (χ1v) is 11.0. The van der Waals surface area contributed by atoms with Gasteiger partial charge in [0.1, 0.15) is 6.61 Å². The number of carbonyl (C=O) groups excluding carboxylic acids is 1. The zero-order valence-electron chi connectivity index (χ0n) is 18.4. The Balaban J connectivity index is 1.58. The van der Waals surface area contributed by atoms with E-state index in [1.54, 1.807) is 0 Å². The van der Waals surface area contributed by atoms with Crippen LogP contribution in [0.1, 0.15) is 11.1 Å². The number of nitrogens with two attached hydrogens (primary N) is 1. The largest absolute Gasteiger partial charge is 0.416 e. The van der Waals surface area contributed by atoms with Crippen LogP contribution in [0.5, 0.6) is 0 Å². The Kier molecular flexibility index (Phi) is 9.25. The monoisotopic (exact) mass is 465 g/mol. The Bertz CT molecular complexity index is 867. The zero-order chi connectivity index (χ0) is 23.7. The summed E-state index contributed by atoms with van der Waals surface area (Å²) in [6, 6.07) is 13.3. The number of benzene rings is 2. The number of ether oxygens (including phenoxy) is 2. The van der Waals surface area contributed by atoms with E-state index in [1.165, 1.54) is 12.1 Å². The van der Waals surface area contributed by atoms with E-state index in [1.807, 2.05) is 24.3 Å². The number of halogens is 3. The average molecular weight is 466 g/mol. The van der Waals surface area contributed by atoms with E-state index in [-0.39, 0.29) is 12.6 Å². The summed E-state index contributed by atoms with van der Waals surface area (Å²) in [5.74, 6) is -0.506. The van der Waals surface area contributed by atoms with Crippen LogP contribution in [-0.4, -0.2) is 69.5 Å². The van der Waals surface area contributed by atoms with Crippen molar-refractivity contribution in [2.24, 2.45) is 5.73 Å². The number of carbonyl (C=O) groups is 1. The molecule has 1 unspecified atom stereocenters. The van der Waals surface area contributed by atoms with Crippen LogP contribution in [0.4, 0.5) is 13.2 Å². The van der Waals surface area contributed by atoms with Gasteiger partial charge in [0.15, 0.2) is 0 Å². The maximum atomic E-state index is 12.8. The first-order valence-electron chi connectivity index (χ1n) is 11.0. The molecule has 1 fully saturated rings. The van der Waals surface area contributed by atoms with Crippen molar-refractivity contribution in [3.05, 3.63) is 59.7 Å². The SMILES string of the molecule is NC(=O)COCCOCC(Cc1ccc(-c2ccc(C(F)(F)F)cc2)cc1)N1CCNCC1. The summed E-state index contributed by atoms with van der Waals surface area (Å²) < 4.78 is 49.3. The van der Waals surface area contributed by atoms with Crippen molar-refractivity contribution in [2.75, 3.05) is 52.6 Å². The molecule has 0 spiro atoms. The third-order valence-corrected chi connectivity index (χ3v) is 5.57. The molecule has 1 heterocycles. The lowest BCUT2D eigenvalue weighted by atomic mass is 9.99. The first kappa shape index (κ1) is 25.2. The summed E-state index contributed by atoms with van der Waals surface area (Å²) in [4.78, 5) is 13.1. The molecule has 33 heavy (non-hydrogen) atoms. The van der Waals surface area contributed by atoms with Gasteiger partial charge in [0.2, 0.25) is 5.91 Å². The van der Waals surface area contributed by atoms with Crippen LogP contribution in [0.15, 0.2) is 48.5 Å². The molecule has 0 aliphatic carbocycles. The summed E-state index contributed by atoms with van der Waals surface area (Å²) in [7, 11) is 0. The van der Waals surface area contributed by atoms with Crippen LogP contribution in [-0.2, 0) is 26.9 Å². The van der Waals surface area contributed by atoms with Crippen LogP contribution in [0.25, 0.3) is 11.1 Å². The normalized spacial score (nSPS) is 16.0. The molecule has 3 rings (SSSR count). The number of rotatable bonds is 11. The number of piperazine rings is 1. The number of primary amides is 1. The lowest BCUT2D eigenvalue weighted by Gasteiger charge is -2.35. The standard InChI is InChI=1S/C24H30F3N3O3/c25-24(26,27)21-7-5-20(6-8-21)19-3-1-18(2-4-19)15-22(30-11-9-29-10-12-30)16-32-13-14-33-17-23(28)31/h1-8,22,29H,9-17H2,(H2,28,31). The number of alkyl halides is 3. The van der Waals surface area contributed by atoms with Gasteiger partial charge in [-0.25, -0.2) is 0 Å². The van der Waals surface area contributed by atoms with E-state index in [0.717, 1.165) is 61.4 Å². The molecule has 0 bridgehead atoms. The Labute approximate surface area is 191 Å². The van der Waals surface area contributed by atoms with Gasteiger partial charge in [-0.15, -0.1) is 0 Å². The minimum atomic E-state index is -4.34. The third kappa shape index (κ3) is 8.12. The Hall–Kier alpha value is -2.46. The highest BCUT2D eigenvalue weighted by molar-refractivity contribution is 5.74. The highest BCUT2D eigenvalue weighted by Crippen LogP contribution is 2.31. The summed E-state index contributed by atoms with van der Waals surface area (Å²) in [6.07, 6.45) is -3.55. The second kappa shape index (κ2) is 12.1. The molecule has 1 aliphatic heterocycles. The van der Waals surface area contributed by atoms with Gasteiger partial charge in [0, 0.05) is 32.2 Å². The smallest absolute Gasteiger partial charge is 0.377 e. The molecular weight excluding hydrogens is 435 g/mol. The predicted octanol–water partition coefficient (Wildman–Crippen LogP) is 2.71. The molecule has 9 heteroatoms. The molecule has 1 amide bonds. The second-order valence-corrected chi connectivity index (χ2v) is 8.01. The van der Waals surface area contributed by atoms with Gasteiger partial charge >= 0.3 is 6.18 Å². The topological polar surface area (TPSA) is 76.8 Å². The molecule has 0 aromatic heterocycles. The van der Waals surface area contributed by atoms with Gasteiger partial charge in [-0.1, -0.05) is 36.4 Å². The van der Waals surface area contributed by atoms with Gasteiger partial charge in [0.05, 0.1) is 25.4 Å². The van der Waals surface area contributed by atoms with Crippen LogP contribution in [0.3, 0.4) is 0 Å². The minimum Gasteiger partial charge on any atom is -0.377 e. The summed E-state index contributed by atoms with van der Waals surface area (Å²) in [5.41, 5.74) is 7.14. The molecule has 3 N–H and O–H groups in total. The maximum Gasteiger partial charge on any atom is 0.416 e. The van der Waals surface area contributed by atoms with Gasteiger partial charge in [-0.3, -0.25) is 9.69 Å². The van der Waals surface area contributed by atoms with Crippen molar-refractivity contribution in [3.8, 4) is 11.1 Å². The molecule has 0 radical (unpaired) electrons. The van der Waals surface area contributed by atoms with E-state index in [0.29, 0.717) is 19.8 Å². The Morgan fingerprint density at radius 3 is 2.12 bits per heavy atom. The molecule has 2 aromatic rings. The number of hydrogen-bond acceptors (Lipinski definition) is 5. The zero-order valence-corrected chi connectivity index (χ0v) is 18.4. The number of amides is 1. The van der Waals surface area contributed by atoms with Gasteiger partial charge in [0.25, 0.3) is 0 Å². The summed E-state index contributed by atoms with van der Waals surface area (Å²) in [6.45, 7) is 4.79. The Morgan fingerprint density at radius 2 is 1.55 bits per heavy atom. The highest BCUT2D eigenvalue weighted by atomic mass is 19.4. The van der Waals surface area contributed by atoms with E-state index in [9.17, 15) is 18.0 Å². The van der Waals surface area contributed by atoms with Gasteiger partial charge in [-0.05, 0) is 35.2 Å². The van der Waals surface area contributed by atoms with E-state index in [4.69, 9.17) is 15.2 Å². The molecule has 1 aliphatic rings. The minimum absolute atomic E-state index is 0.115. The second-order valence-electron chi connectivity index (χ2n) is 8.01. The molecule has 1 saturated heterocycles. The van der Waals surface area contributed by atoms with Crippen molar-refractivity contribution in [3.63, 3.8) is 0 Å². The number of nitrogens with one attached hydrogen (secondary N) is 1. The fourth-order valence-corrected chi connectivity index (χ4v) is 3.81. The van der Waals surface area contributed by atoms with Crippen LogP contribution < -0.4 is 11.1 Å². The predicted molar refractivity (Wildman–Crippen MR) is 120 cm³/mol. The van der Waals surface area contributed by atoms with Crippen molar-refractivity contribution in [2.45, 2.75) is 18.6 Å². The lowest BCUT2D eigenvalue weighted by molar-refractivity contribution is -0.137. The van der Waals surface area contributed by atoms with E-state index in [2.05, 4.69) is 10.2 Å². The number of hydrogen-bond donors (Lipinski definition) is 2. The molecule has 180 valence electrons. The molecule has 0 saturated carbocycles. The molecule has 1 atom stereocenters. The molecule has 2 aromatic carbocycles. The Morgan fingerprint density at radius 1 is 0.970 bits per heavy atom. The van der Waals surface area contributed by atoms with Gasteiger partial charge in [-0.2, -0.15) is 13.2 Å². The summed E-state index contributed by atoms with van der Waals surface area (Å²) >= 11 is 0. The van der Waals surface area contributed by atoms with Crippen molar-refractivity contribution in [1.82, 2.24) is 10.2 Å². The molecule has 6 nitrogen and oxygen atoms in total. The average Bonchev–Trinajstić information content (AvgIpc) is 2.81.